The van der Waals surface area contributed by atoms with Gasteiger partial charge in [0.15, 0.2) is 0 Å². The van der Waals surface area contributed by atoms with Gasteiger partial charge in [0.25, 0.3) is 0 Å². The molecule has 1 atom stereocenters. The molecule has 17 heavy (non-hydrogen) atoms. The molecule has 0 rings (SSSR count). The van der Waals surface area contributed by atoms with Gasteiger partial charge in [-0.1, -0.05) is 27.7 Å². The minimum atomic E-state index is -0.669. The number of rotatable bonds is 8. The fraction of sp³-hybridized carbons (Fsp3) is 0.923. The van der Waals surface area contributed by atoms with Crippen LogP contribution in [0.25, 0.3) is 0 Å². The Morgan fingerprint density at radius 1 is 1.41 bits per heavy atom. The third-order valence-corrected chi connectivity index (χ3v) is 2.57. The number of carbonyl (C=O) groups excluding carboxylic acids is 1. The first-order valence-electron chi connectivity index (χ1n) is 6.22. The number of nitrogens with one attached hydrogen (secondary N) is 1. The zero-order valence-electron chi connectivity index (χ0n) is 11.7. The first-order valence-corrected chi connectivity index (χ1v) is 6.22. The quantitative estimate of drug-likeness (QED) is 0.637. The molecule has 102 valence electrons. The molecule has 0 bridgehead atoms. The van der Waals surface area contributed by atoms with Crippen molar-refractivity contribution in [1.29, 1.82) is 0 Å². The highest BCUT2D eigenvalue weighted by Crippen LogP contribution is 2.23. The van der Waals surface area contributed by atoms with Gasteiger partial charge in [-0.2, -0.15) is 0 Å². The van der Waals surface area contributed by atoms with Crippen LogP contribution in [0.1, 0.15) is 40.5 Å². The van der Waals surface area contributed by atoms with Gasteiger partial charge >= 0.3 is 5.97 Å². The van der Waals surface area contributed by atoms with Crippen molar-refractivity contribution in [2.24, 2.45) is 11.3 Å². The fourth-order valence-electron chi connectivity index (χ4n) is 2.10. The molecule has 0 heterocycles. The van der Waals surface area contributed by atoms with Crippen LogP contribution in [0.15, 0.2) is 0 Å². The number of hydrogen-bond donors (Lipinski definition) is 2. The summed E-state index contributed by atoms with van der Waals surface area (Å²) in [5.74, 6) is 0.285. The standard InChI is InChI=1S/C13H27NO3/c1-10(2)7-13(3,4)9-14-8-11(15)6-12(16)17-5/h10-11,14-15H,6-9H2,1-5H3. The Balaban J connectivity index is 3.78. The highest BCUT2D eigenvalue weighted by molar-refractivity contribution is 5.69. The monoisotopic (exact) mass is 245 g/mol. The number of ether oxygens (including phenoxy) is 1. The molecule has 0 aliphatic carbocycles. The summed E-state index contributed by atoms with van der Waals surface area (Å²) in [7, 11) is 1.33. The number of methoxy groups -OCH3 is 1. The van der Waals surface area contributed by atoms with E-state index in [1.807, 2.05) is 0 Å². The van der Waals surface area contributed by atoms with E-state index in [2.05, 4.69) is 37.7 Å². The highest BCUT2D eigenvalue weighted by atomic mass is 16.5. The second kappa shape index (κ2) is 7.67. The molecule has 0 aromatic carbocycles. The summed E-state index contributed by atoms with van der Waals surface area (Å²) in [5.41, 5.74) is 0.207. The Labute approximate surface area is 105 Å². The molecule has 0 aromatic rings. The molecule has 0 saturated heterocycles. The second-order valence-electron chi connectivity index (χ2n) is 5.83. The minimum Gasteiger partial charge on any atom is -0.469 e. The third kappa shape index (κ3) is 9.12. The number of aliphatic hydroxyl groups excluding tert-OH is 1. The van der Waals surface area contributed by atoms with Crippen LogP contribution in [0.2, 0.25) is 0 Å². The molecule has 0 aromatic heterocycles. The predicted octanol–water partition coefficient (Wildman–Crippen LogP) is 1.57. The van der Waals surface area contributed by atoms with Crippen molar-refractivity contribution >= 4 is 5.97 Å². The Hall–Kier alpha value is -0.610. The van der Waals surface area contributed by atoms with Gasteiger partial charge in [0.1, 0.15) is 0 Å². The van der Waals surface area contributed by atoms with Gasteiger partial charge in [-0.3, -0.25) is 4.79 Å². The van der Waals surface area contributed by atoms with Gasteiger partial charge in [-0.05, 0) is 17.8 Å². The zero-order valence-corrected chi connectivity index (χ0v) is 11.7. The average Bonchev–Trinajstić information content (AvgIpc) is 2.14. The Morgan fingerprint density at radius 2 is 2.00 bits per heavy atom. The van der Waals surface area contributed by atoms with Gasteiger partial charge in [0.2, 0.25) is 0 Å². The highest BCUT2D eigenvalue weighted by Gasteiger charge is 2.19. The normalized spacial score (nSPS) is 13.8. The van der Waals surface area contributed by atoms with Crippen LogP contribution in [0.4, 0.5) is 0 Å². The summed E-state index contributed by atoms with van der Waals surface area (Å²) in [5, 5.41) is 12.8. The van der Waals surface area contributed by atoms with E-state index in [0.29, 0.717) is 12.5 Å². The molecule has 0 radical (unpaired) electrons. The number of esters is 1. The topological polar surface area (TPSA) is 58.6 Å². The van der Waals surface area contributed by atoms with E-state index >= 15 is 0 Å². The van der Waals surface area contributed by atoms with Crippen LogP contribution < -0.4 is 5.32 Å². The van der Waals surface area contributed by atoms with Crippen molar-refractivity contribution in [3.8, 4) is 0 Å². The van der Waals surface area contributed by atoms with Crippen molar-refractivity contribution in [2.75, 3.05) is 20.2 Å². The van der Waals surface area contributed by atoms with E-state index in [0.717, 1.165) is 13.0 Å². The molecular formula is C13H27NO3. The van der Waals surface area contributed by atoms with Crippen LogP contribution in [-0.2, 0) is 9.53 Å². The summed E-state index contributed by atoms with van der Waals surface area (Å²) in [6.07, 6.45) is 0.513. The van der Waals surface area contributed by atoms with Crippen LogP contribution in [0, 0.1) is 11.3 Å². The number of carbonyl (C=O) groups is 1. The van der Waals surface area contributed by atoms with Crippen LogP contribution >= 0.6 is 0 Å². The maximum Gasteiger partial charge on any atom is 0.308 e. The lowest BCUT2D eigenvalue weighted by molar-refractivity contribution is -0.142. The molecule has 0 fully saturated rings. The van der Waals surface area contributed by atoms with E-state index in [4.69, 9.17) is 0 Å². The predicted molar refractivity (Wildman–Crippen MR) is 68.7 cm³/mol. The summed E-state index contributed by atoms with van der Waals surface area (Å²) in [6, 6.07) is 0. The molecule has 0 amide bonds. The van der Waals surface area contributed by atoms with E-state index in [1.165, 1.54) is 7.11 Å². The van der Waals surface area contributed by atoms with Crippen molar-refractivity contribution in [3.63, 3.8) is 0 Å². The molecule has 4 heteroatoms. The first-order chi connectivity index (χ1) is 7.76. The van der Waals surface area contributed by atoms with Crippen molar-refractivity contribution in [3.05, 3.63) is 0 Å². The summed E-state index contributed by atoms with van der Waals surface area (Å²) in [6.45, 7) is 10.1. The smallest absolute Gasteiger partial charge is 0.308 e. The summed E-state index contributed by atoms with van der Waals surface area (Å²) in [4.78, 5) is 10.9. The van der Waals surface area contributed by atoms with Crippen LogP contribution in [0.3, 0.4) is 0 Å². The summed E-state index contributed by atoms with van der Waals surface area (Å²) < 4.78 is 4.49. The maximum atomic E-state index is 10.9. The lowest BCUT2D eigenvalue weighted by atomic mass is 9.84. The van der Waals surface area contributed by atoms with E-state index in [1.54, 1.807) is 0 Å². The minimum absolute atomic E-state index is 0.0497. The lowest BCUT2D eigenvalue weighted by Gasteiger charge is -2.27. The fourth-order valence-corrected chi connectivity index (χ4v) is 2.10. The number of hydrogen-bond acceptors (Lipinski definition) is 4. The van der Waals surface area contributed by atoms with Crippen molar-refractivity contribution < 1.29 is 14.6 Å². The molecule has 2 N–H and O–H groups in total. The van der Waals surface area contributed by atoms with Gasteiger partial charge in [0.05, 0.1) is 19.6 Å². The molecule has 0 saturated carbocycles. The Morgan fingerprint density at radius 3 is 2.47 bits per heavy atom. The van der Waals surface area contributed by atoms with Crippen LogP contribution in [0.5, 0.6) is 0 Å². The van der Waals surface area contributed by atoms with Crippen molar-refractivity contribution in [2.45, 2.75) is 46.6 Å². The molecular weight excluding hydrogens is 218 g/mol. The van der Waals surface area contributed by atoms with Crippen LogP contribution in [-0.4, -0.2) is 37.4 Å². The Bertz CT molecular complexity index is 227. The lowest BCUT2D eigenvalue weighted by Crippen LogP contribution is -2.36. The number of aliphatic hydroxyl groups is 1. The molecule has 1 unspecified atom stereocenters. The zero-order chi connectivity index (χ0) is 13.5. The second-order valence-corrected chi connectivity index (χ2v) is 5.83. The molecule has 4 nitrogen and oxygen atoms in total. The third-order valence-electron chi connectivity index (χ3n) is 2.57. The largest absolute Gasteiger partial charge is 0.469 e. The maximum absolute atomic E-state index is 10.9. The molecule has 0 spiro atoms. The first kappa shape index (κ1) is 16.4. The SMILES string of the molecule is COC(=O)CC(O)CNCC(C)(C)CC(C)C. The van der Waals surface area contributed by atoms with Gasteiger partial charge < -0.3 is 15.2 Å². The van der Waals surface area contributed by atoms with Gasteiger partial charge in [-0.25, -0.2) is 0 Å². The van der Waals surface area contributed by atoms with Gasteiger partial charge in [0, 0.05) is 13.1 Å². The van der Waals surface area contributed by atoms with Gasteiger partial charge in [-0.15, -0.1) is 0 Å². The Kier molecular flexibility index (Phi) is 7.39. The van der Waals surface area contributed by atoms with Crippen molar-refractivity contribution in [1.82, 2.24) is 5.32 Å². The molecule has 0 aliphatic rings. The van der Waals surface area contributed by atoms with E-state index < -0.39 is 6.10 Å². The summed E-state index contributed by atoms with van der Waals surface area (Å²) >= 11 is 0. The van der Waals surface area contributed by atoms with E-state index in [-0.39, 0.29) is 17.8 Å². The molecule has 0 aliphatic heterocycles. The average molecular weight is 245 g/mol. The van der Waals surface area contributed by atoms with E-state index in [9.17, 15) is 9.90 Å².